The molecule has 0 bridgehead atoms. The van der Waals surface area contributed by atoms with Crippen molar-refractivity contribution in [2.24, 2.45) is 0 Å². The number of amides is 1. The van der Waals surface area contributed by atoms with Crippen LogP contribution in [0.1, 0.15) is 12.0 Å². The highest BCUT2D eigenvalue weighted by Gasteiger charge is 2.36. The molecule has 0 fully saturated rings. The van der Waals surface area contributed by atoms with Crippen molar-refractivity contribution >= 4 is 48.6 Å². The molecule has 0 radical (unpaired) electrons. The fourth-order valence-electron chi connectivity index (χ4n) is 3.55. The van der Waals surface area contributed by atoms with E-state index >= 15 is 0 Å². The zero-order valence-corrected chi connectivity index (χ0v) is 24.7. The number of halogens is 2. The van der Waals surface area contributed by atoms with Crippen LogP contribution in [-0.4, -0.2) is 51.5 Å². The second kappa shape index (κ2) is 14.1. The second-order valence-corrected chi connectivity index (χ2v) is 13.1. The highest BCUT2D eigenvalue weighted by Crippen LogP contribution is 2.26. The van der Waals surface area contributed by atoms with Crippen molar-refractivity contribution < 1.29 is 40.1 Å². The van der Waals surface area contributed by atoms with Crippen molar-refractivity contribution in [2.45, 2.75) is 28.8 Å². The van der Waals surface area contributed by atoms with Crippen molar-refractivity contribution in [3.8, 4) is 5.75 Å². The third-order valence-corrected chi connectivity index (χ3v) is 9.39. The van der Waals surface area contributed by atoms with Crippen LogP contribution in [0.25, 0.3) is 0 Å². The molecule has 0 aromatic heterocycles. The van der Waals surface area contributed by atoms with E-state index in [4.69, 9.17) is 8.92 Å². The van der Waals surface area contributed by atoms with Gasteiger partial charge >= 0.3 is 0 Å². The summed E-state index contributed by atoms with van der Waals surface area (Å²) in [6.07, 6.45) is -0.676. The Balaban J connectivity index is 1.74. The summed E-state index contributed by atoms with van der Waals surface area (Å²) in [4.78, 5) is 12.2. The molecule has 3 aromatic carbocycles. The lowest BCUT2D eigenvalue weighted by molar-refractivity contribution is -0.133. The Kier molecular flexibility index (Phi) is 11.2. The number of hydrogen-bond donors (Lipinski definition) is 2. The molecule has 0 aliphatic carbocycles. The minimum atomic E-state index is -4.40. The van der Waals surface area contributed by atoms with E-state index in [2.05, 4.69) is 29.2 Å². The van der Waals surface area contributed by atoms with Gasteiger partial charge in [-0.25, -0.2) is 18.3 Å². The zero-order chi connectivity index (χ0) is 29.3. The van der Waals surface area contributed by atoms with Gasteiger partial charge in [-0.05, 0) is 76.7 Å². The van der Waals surface area contributed by atoms with Crippen molar-refractivity contribution in [3.05, 3.63) is 100 Å². The molecule has 0 heterocycles. The van der Waals surface area contributed by atoms with Gasteiger partial charge in [0.15, 0.2) is 0 Å². The Morgan fingerprint density at radius 1 is 0.950 bits per heavy atom. The van der Waals surface area contributed by atoms with Crippen LogP contribution in [0.3, 0.4) is 0 Å². The number of carbonyl (C=O) groups excluding carboxylic acids is 1. The summed E-state index contributed by atoms with van der Waals surface area (Å²) >= 11 is 2.05. The van der Waals surface area contributed by atoms with E-state index in [9.17, 15) is 31.2 Å². The van der Waals surface area contributed by atoms with Gasteiger partial charge in [-0.2, -0.15) is 12.7 Å². The Morgan fingerprint density at radius 3 is 2.12 bits per heavy atom. The molecule has 0 spiro atoms. The molecule has 3 aromatic rings. The summed E-state index contributed by atoms with van der Waals surface area (Å²) in [6, 6.07) is 18.0. The zero-order valence-electron chi connectivity index (χ0n) is 20.9. The number of benzene rings is 3. The molecule has 3 rings (SSSR count). The van der Waals surface area contributed by atoms with Crippen molar-refractivity contribution in [1.82, 2.24) is 9.79 Å². The maximum atomic E-state index is 13.8. The Bertz CT molecular complexity index is 1520. The van der Waals surface area contributed by atoms with Gasteiger partial charge in [0.1, 0.15) is 25.0 Å². The highest BCUT2D eigenvalue weighted by atomic mass is 127. The van der Waals surface area contributed by atoms with E-state index in [0.29, 0.717) is 5.56 Å². The molecule has 0 aliphatic rings. The standard InChI is InChI=1S/C26H26FIN2O8S2/c1-19(27)17-25(26(31)29-32)30(18-20-5-3-2-4-6-20)39(33,34)23-13-9-22(10-14-23)37-15-16-38-40(35,36)24-11-7-21(28)8-12-24/h2-14,25,32H,1,15-18H2,(H,29,31)/t25-/m0/s1. The average molecular weight is 705 g/mol. The number of hydroxylamine groups is 1. The Labute approximate surface area is 245 Å². The van der Waals surface area contributed by atoms with Gasteiger partial charge < -0.3 is 4.74 Å². The van der Waals surface area contributed by atoms with Crippen LogP contribution in [0.2, 0.25) is 0 Å². The molecule has 2 N–H and O–H groups in total. The number of nitrogens with one attached hydrogen (secondary N) is 1. The van der Waals surface area contributed by atoms with Crippen LogP contribution in [0.15, 0.2) is 101 Å². The maximum absolute atomic E-state index is 13.8. The lowest BCUT2D eigenvalue weighted by Crippen LogP contribution is -2.48. The van der Waals surface area contributed by atoms with Crippen LogP contribution < -0.4 is 10.2 Å². The molecule has 40 heavy (non-hydrogen) atoms. The smallest absolute Gasteiger partial charge is 0.297 e. The highest BCUT2D eigenvalue weighted by molar-refractivity contribution is 14.1. The number of hydrogen-bond acceptors (Lipinski definition) is 8. The molecule has 0 saturated carbocycles. The molecule has 0 saturated heterocycles. The minimum absolute atomic E-state index is 0.00653. The third-order valence-electron chi connectivity index (χ3n) is 5.48. The molecular formula is C26H26FIN2O8S2. The SMILES string of the molecule is C=C(F)C[C@@H](C(=O)NO)N(Cc1ccccc1)S(=O)(=O)c1ccc(OCCOS(=O)(=O)c2ccc(I)cc2)cc1. The molecule has 14 heteroatoms. The van der Waals surface area contributed by atoms with Crippen LogP contribution in [0, 0.1) is 3.57 Å². The van der Waals surface area contributed by atoms with Crippen molar-refractivity contribution in [3.63, 3.8) is 0 Å². The fraction of sp³-hybridized carbons (Fsp3) is 0.192. The van der Waals surface area contributed by atoms with Crippen LogP contribution in [0.5, 0.6) is 5.75 Å². The molecule has 10 nitrogen and oxygen atoms in total. The number of carbonyl (C=O) groups is 1. The second-order valence-electron chi connectivity index (χ2n) is 8.30. The quantitative estimate of drug-likeness (QED) is 0.0845. The number of rotatable bonds is 14. The Morgan fingerprint density at radius 2 is 1.55 bits per heavy atom. The monoisotopic (exact) mass is 704 g/mol. The summed E-state index contributed by atoms with van der Waals surface area (Å²) in [5.41, 5.74) is 1.91. The van der Waals surface area contributed by atoms with Gasteiger partial charge in [-0.3, -0.25) is 14.2 Å². The van der Waals surface area contributed by atoms with E-state index in [1.807, 2.05) is 0 Å². The normalized spacial score (nSPS) is 12.6. The first-order valence-electron chi connectivity index (χ1n) is 11.6. The minimum Gasteiger partial charge on any atom is -0.491 e. The average Bonchev–Trinajstić information content (AvgIpc) is 2.93. The molecule has 1 atom stereocenters. The predicted molar refractivity (Wildman–Crippen MR) is 152 cm³/mol. The van der Waals surface area contributed by atoms with Gasteiger partial charge in [0, 0.05) is 16.5 Å². The number of nitrogens with zero attached hydrogens (tertiary/aromatic N) is 1. The number of ether oxygens (including phenoxy) is 1. The first-order chi connectivity index (χ1) is 18.9. The first kappa shape index (κ1) is 31.6. The maximum Gasteiger partial charge on any atom is 0.297 e. The summed E-state index contributed by atoms with van der Waals surface area (Å²) in [5, 5.41) is 9.20. The van der Waals surface area contributed by atoms with E-state index in [1.54, 1.807) is 42.5 Å². The lowest BCUT2D eigenvalue weighted by Gasteiger charge is -2.29. The van der Waals surface area contributed by atoms with E-state index in [0.717, 1.165) is 7.88 Å². The molecular weight excluding hydrogens is 678 g/mol. The Hall–Kier alpha value is -2.89. The van der Waals surface area contributed by atoms with Crippen molar-refractivity contribution in [2.75, 3.05) is 13.2 Å². The molecule has 0 unspecified atom stereocenters. The summed E-state index contributed by atoms with van der Waals surface area (Å²) in [7, 11) is -8.37. The molecule has 0 aliphatic heterocycles. The van der Waals surface area contributed by atoms with Crippen molar-refractivity contribution in [1.29, 1.82) is 0 Å². The van der Waals surface area contributed by atoms with Crippen LogP contribution >= 0.6 is 22.6 Å². The van der Waals surface area contributed by atoms with Gasteiger partial charge in [0.25, 0.3) is 16.0 Å². The number of sulfonamides is 1. The van der Waals surface area contributed by atoms with Gasteiger partial charge in [0.05, 0.1) is 15.6 Å². The van der Waals surface area contributed by atoms with Crippen LogP contribution in [0.4, 0.5) is 4.39 Å². The summed E-state index contributed by atoms with van der Waals surface area (Å²) in [6.45, 7) is 2.40. The fourth-order valence-corrected chi connectivity index (χ4v) is 6.38. The topological polar surface area (TPSA) is 139 Å². The van der Waals surface area contributed by atoms with E-state index in [1.165, 1.54) is 41.9 Å². The molecule has 1 amide bonds. The van der Waals surface area contributed by atoms with E-state index < -0.39 is 44.3 Å². The largest absolute Gasteiger partial charge is 0.491 e. The predicted octanol–water partition coefficient (Wildman–Crippen LogP) is 4.01. The first-order valence-corrected chi connectivity index (χ1v) is 15.6. The van der Waals surface area contributed by atoms with Gasteiger partial charge in [0.2, 0.25) is 10.0 Å². The van der Waals surface area contributed by atoms with Gasteiger partial charge in [-0.15, -0.1) is 0 Å². The van der Waals surface area contributed by atoms with Gasteiger partial charge in [-0.1, -0.05) is 36.9 Å². The summed E-state index contributed by atoms with van der Waals surface area (Å²) < 4.78 is 77.6. The molecule has 214 valence electrons. The third kappa shape index (κ3) is 8.55. The van der Waals surface area contributed by atoms with E-state index in [-0.39, 0.29) is 35.3 Å². The lowest BCUT2D eigenvalue weighted by atomic mass is 10.1. The van der Waals surface area contributed by atoms with Crippen LogP contribution in [-0.2, 0) is 35.7 Å². The summed E-state index contributed by atoms with van der Waals surface area (Å²) in [5.74, 6) is -1.85.